The van der Waals surface area contributed by atoms with Gasteiger partial charge in [0, 0.05) is 18.3 Å². The first kappa shape index (κ1) is 19.5. The van der Waals surface area contributed by atoms with Crippen LogP contribution in [-0.4, -0.2) is 15.7 Å². The molecule has 0 saturated carbocycles. The first-order valence-corrected chi connectivity index (χ1v) is 9.19. The van der Waals surface area contributed by atoms with Crippen molar-refractivity contribution in [1.29, 1.82) is 0 Å². The molecule has 1 N–H and O–H groups in total. The van der Waals surface area contributed by atoms with Gasteiger partial charge in [-0.15, -0.1) is 6.58 Å². The van der Waals surface area contributed by atoms with Crippen LogP contribution in [0, 0.1) is 6.92 Å². The Kier molecular flexibility index (Phi) is 5.99. The van der Waals surface area contributed by atoms with Crippen molar-refractivity contribution < 1.29 is 13.9 Å². The highest BCUT2D eigenvalue weighted by atomic mass is 16.5. The topological polar surface area (TPSA) is 69.3 Å². The van der Waals surface area contributed by atoms with Crippen molar-refractivity contribution in [2.75, 3.05) is 0 Å². The summed E-state index contributed by atoms with van der Waals surface area (Å²) in [6.45, 7) is 7.91. The van der Waals surface area contributed by atoms with Crippen LogP contribution in [0.2, 0.25) is 0 Å². The summed E-state index contributed by atoms with van der Waals surface area (Å²) in [6, 6.07) is 11.0. The Hall–Kier alpha value is -3.28. The van der Waals surface area contributed by atoms with Crippen LogP contribution in [0.3, 0.4) is 0 Å². The SMILES string of the molecule is C=CCc1ccccc1OCc1ccc(C(=O)NC(C)c2cnn(C)c2C)o1. The summed E-state index contributed by atoms with van der Waals surface area (Å²) in [5, 5.41) is 7.16. The third-order valence-electron chi connectivity index (χ3n) is 4.68. The average Bonchev–Trinajstić information content (AvgIpc) is 3.29. The number of nitrogens with one attached hydrogen (secondary N) is 1. The number of nitrogens with zero attached hydrogens (tertiary/aromatic N) is 2. The average molecular weight is 379 g/mol. The first-order chi connectivity index (χ1) is 13.5. The van der Waals surface area contributed by atoms with Gasteiger partial charge in [-0.2, -0.15) is 5.10 Å². The van der Waals surface area contributed by atoms with Crippen molar-refractivity contribution in [3.05, 3.63) is 83.6 Å². The van der Waals surface area contributed by atoms with E-state index in [1.54, 1.807) is 23.0 Å². The third kappa shape index (κ3) is 4.34. The van der Waals surface area contributed by atoms with Crippen LogP contribution in [-0.2, 0) is 20.1 Å². The zero-order chi connectivity index (χ0) is 20.1. The third-order valence-corrected chi connectivity index (χ3v) is 4.68. The Morgan fingerprint density at radius 1 is 1.36 bits per heavy atom. The van der Waals surface area contributed by atoms with Crippen molar-refractivity contribution in [2.45, 2.75) is 32.9 Å². The fourth-order valence-corrected chi connectivity index (χ4v) is 2.98. The van der Waals surface area contributed by atoms with Gasteiger partial charge in [0.05, 0.1) is 12.2 Å². The minimum atomic E-state index is -0.269. The highest BCUT2D eigenvalue weighted by molar-refractivity contribution is 5.91. The minimum Gasteiger partial charge on any atom is -0.485 e. The Bertz CT molecular complexity index is 971. The summed E-state index contributed by atoms with van der Waals surface area (Å²) < 4.78 is 13.3. The van der Waals surface area contributed by atoms with Gasteiger partial charge >= 0.3 is 0 Å². The molecule has 2 heterocycles. The number of aromatic nitrogens is 2. The van der Waals surface area contributed by atoms with Gasteiger partial charge in [0.1, 0.15) is 18.1 Å². The fraction of sp³-hybridized carbons (Fsp3) is 0.273. The molecule has 3 aromatic rings. The molecule has 28 heavy (non-hydrogen) atoms. The van der Waals surface area contributed by atoms with E-state index in [9.17, 15) is 4.79 Å². The van der Waals surface area contributed by atoms with Crippen LogP contribution in [0.5, 0.6) is 5.75 Å². The lowest BCUT2D eigenvalue weighted by Crippen LogP contribution is -2.26. The lowest BCUT2D eigenvalue weighted by Gasteiger charge is -2.12. The number of para-hydroxylation sites is 1. The monoisotopic (exact) mass is 379 g/mol. The van der Waals surface area contributed by atoms with E-state index in [2.05, 4.69) is 17.0 Å². The maximum absolute atomic E-state index is 12.5. The quantitative estimate of drug-likeness (QED) is 0.598. The molecule has 1 aromatic carbocycles. The predicted molar refractivity (Wildman–Crippen MR) is 107 cm³/mol. The van der Waals surface area contributed by atoms with E-state index >= 15 is 0 Å². The van der Waals surface area contributed by atoms with Gasteiger partial charge < -0.3 is 14.5 Å². The molecule has 0 aliphatic heterocycles. The molecular formula is C22H25N3O3. The molecule has 0 radical (unpaired) electrons. The van der Waals surface area contributed by atoms with E-state index in [0.29, 0.717) is 5.76 Å². The predicted octanol–water partition coefficient (Wildman–Crippen LogP) is 4.12. The van der Waals surface area contributed by atoms with Crippen molar-refractivity contribution in [2.24, 2.45) is 7.05 Å². The fourth-order valence-electron chi connectivity index (χ4n) is 2.98. The molecule has 0 spiro atoms. The first-order valence-electron chi connectivity index (χ1n) is 9.19. The maximum atomic E-state index is 12.5. The normalized spacial score (nSPS) is 11.8. The molecule has 0 saturated heterocycles. The van der Waals surface area contributed by atoms with Gasteiger partial charge in [-0.05, 0) is 44.0 Å². The zero-order valence-corrected chi connectivity index (χ0v) is 16.4. The van der Waals surface area contributed by atoms with Crippen LogP contribution in [0.15, 0.2) is 59.7 Å². The molecule has 1 atom stereocenters. The maximum Gasteiger partial charge on any atom is 0.287 e. The second-order valence-electron chi connectivity index (χ2n) is 6.66. The van der Waals surface area contributed by atoms with E-state index in [1.807, 2.05) is 51.2 Å². The summed E-state index contributed by atoms with van der Waals surface area (Å²) in [4.78, 5) is 12.5. The van der Waals surface area contributed by atoms with Crippen LogP contribution in [0.1, 0.15) is 46.1 Å². The molecule has 1 unspecified atom stereocenters. The van der Waals surface area contributed by atoms with E-state index in [4.69, 9.17) is 9.15 Å². The second kappa shape index (κ2) is 8.61. The van der Waals surface area contributed by atoms with Crippen molar-refractivity contribution in [1.82, 2.24) is 15.1 Å². The number of benzene rings is 1. The van der Waals surface area contributed by atoms with Crippen LogP contribution >= 0.6 is 0 Å². The minimum absolute atomic E-state index is 0.170. The van der Waals surface area contributed by atoms with Gasteiger partial charge in [0.15, 0.2) is 5.76 Å². The summed E-state index contributed by atoms with van der Waals surface area (Å²) in [5.41, 5.74) is 3.05. The zero-order valence-electron chi connectivity index (χ0n) is 16.4. The highest BCUT2D eigenvalue weighted by Crippen LogP contribution is 2.21. The molecule has 0 aliphatic rings. The smallest absolute Gasteiger partial charge is 0.287 e. The van der Waals surface area contributed by atoms with Crippen LogP contribution < -0.4 is 10.1 Å². The van der Waals surface area contributed by atoms with Gasteiger partial charge in [-0.1, -0.05) is 24.3 Å². The summed E-state index contributed by atoms with van der Waals surface area (Å²) >= 11 is 0. The Morgan fingerprint density at radius 2 is 2.14 bits per heavy atom. The summed E-state index contributed by atoms with van der Waals surface area (Å²) in [7, 11) is 1.87. The number of aryl methyl sites for hydroxylation is 1. The van der Waals surface area contributed by atoms with E-state index < -0.39 is 0 Å². The molecule has 1 amide bonds. The van der Waals surface area contributed by atoms with Crippen LogP contribution in [0.25, 0.3) is 0 Å². The van der Waals surface area contributed by atoms with Crippen molar-refractivity contribution in [3.8, 4) is 5.75 Å². The number of hydrogen-bond acceptors (Lipinski definition) is 4. The molecule has 0 fully saturated rings. The molecule has 3 rings (SSSR count). The van der Waals surface area contributed by atoms with Gasteiger partial charge in [0.2, 0.25) is 0 Å². The number of furan rings is 1. The van der Waals surface area contributed by atoms with Crippen molar-refractivity contribution >= 4 is 5.91 Å². The summed E-state index contributed by atoms with van der Waals surface area (Å²) in [6.07, 6.45) is 4.33. The van der Waals surface area contributed by atoms with Gasteiger partial charge in [-0.3, -0.25) is 9.48 Å². The standard InChI is InChI=1S/C22H25N3O3/c1-5-8-17-9-6-7-10-20(17)27-14-18-11-12-21(28-18)22(26)24-15(2)19-13-23-25(4)16(19)3/h5-7,9-13,15H,1,8,14H2,2-4H3,(H,24,26). The van der Waals surface area contributed by atoms with Gasteiger partial charge in [-0.25, -0.2) is 0 Å². The molecule has 2 aromatic heterocycles. The number of carbonyl (C=O) groups excluding carboxylic acids is 1. The number of allylic oxidation sites excluding steroid dienone is 1. The Labute approximate surface area is 164 Å². The van der Waals surface area contributed by atoms with Gasteiger partial charge in [0.25, 0.3) is 5.91 Å². The van der Waals surface area contributed by atoms with E-state index in [0.717, 1.165) is 29.0 Å². The van der Waals surface area contributed by atoms with E-state index in [-0.39, 0.29) is 24.3 Å². The highest BCUT2D eigenvalue weighted by Gasteiger charge is 2.18. The lowest BCUT2D eigenvalue weighted by molar-refractivity contribution is 0.0907. The number of hydrogen-bond donors (Lipinski definition) is 1. The molecule has 6 heteroatoms. The Balaban J connectivity index is 1.61. The number of amides is 1. The second-order valence-corrected chi connectivity index (χ2v) is 6.66. The molecule has 6 nitrogen and oxygen atoms in total. The molecular weight excluding hydrogens is 354 g/mol. The lowest BCUT2D eigenvalue weighted by atomic mass is 10.1. The number of ether oxygens (including phenoxy) is 1. The summed E-state index contributed by atoms with van der Waals surface area (Å²) in [5.74, 6) is 1.36. The molecule has 0 bridgehead atoms. The van der Waals surface area contributed by atoms with Crippen LogP contribution in [0.4, 0.5) is 0 Å². The van der Waals surface area contributed by atoms with Crippen molar-refractivity contribution in [3.63, 3.8) is 0 Å². The molecule has 146 valence electrons. The Morgan fingerprint density at radius 3 is 2.86 bits per heavy atom. The largest absolute Gasteiger partial charge is 0.485 e. The number of rotatable bonds is 8. The number of carbonyl (C=O) groups is 1. The molecule has 0 aliphatic carbocycles. The van der Waals surface area contributed by atoms with E-state index in [1.165, 1.54) is 0 Å².